The number of guanidine groups is 1. The van der Waals surface area contributed by atoms with Crippen molar-refractivity contribution in [3.05, 3.63) is 59.4 Å². The van der Waals surface area contributed by atoms with E-state index in [0.29, 0.717) is 0 Å². The molecule has 0 unspecified atom stereocenters. The highest BCUT2D eigenvalue weighted by Crippen LogP contribution is 2.08. The van der Waals surface area contributed by atoms with Crippen molar-refractivity contribution >= 4 is 5.96 Å². The van der Waals surface area contributed by atoms with Gasteiger partial charge in [0.25, 0.3) is 0 Å². The molecule has 26 heavy (non-hydrogen) atoms. The number of aromatic nitrogens is 1. The fourth-order valence-corrected chi connectivity index (χ4v) is 3.01. The Bertz CT molecular complexity index is 683. The average Bonchev–Trinajstić information content (AvgIpc) is 3.06. The van der Waals surface area contributed by atoms with Gasteiger partial charge in [0, 0.05) is 46.1 Å². The molecule has 0 aliphatic rings. The lowest BCUT2D eigenvalue weighted by Gasteiger charge is -2.22. The molecule has 0 saturated heterocycles. The zero-order valence-corrected chi connectivity index (χ0v) is 16.9. The van der Waals surface area contributed by atoms with Crippen LogP contribution in [0.1, 0.15) is 30.7 Å². The van der Waals surface area contributed by atoms with Crippen LogP contribution in [-0.2, 0) is 26.7 Å². The first kappa shape index (κ1) is 20.0. The largest absolute Gasteiger partial charge is 0.353 e. The third-order valence-electron chi connectivity index (χ3n) is 4.80. The summed E-state index contributed by atoms with van der Waals surface area (Å²) in [4.78, 5) is 8.98. The summed E-state index contributed by atoms with van der Waals surface area (Å²) in [5, 5.41) is 3.46. The lowest BCUT2D eigenvalue weighted by Crippen LogP contribution is -2.38. The summed E-state index contributed by atoms with van der Waals surface area (Å²) in [7, 11) is 5.96. The van der Waals surface area contributed by atoms with Crippen LogP contribution in [0.2, 0.25) is 0 Å². The predicted molar refractivity (Wildman–Crippen MR) is 110 cm³/mol. The summed E-state index contributed by atoms with van der Waals surface area (Å²) in [6.45, 7) is 9.20. The van der Waals surface area contributed by atoms with Gasteiger partial charge in [-0.05, 0) is 36.3 Å². The van der Waals surface area contributed by atoms with E-state index in [-0.39, 0.29) is 0 Å². The van der Waals surface area contributed by atoms with Crippen LogP contribution in [-0.4, -0.2) is 47.5 Å². The number of benzene rings is 1. The second-order valence-corrected chi connectivity index (χ2v) is 6.65. The molecule has 1 aromatic carbocycles. The standard InChI is InChI=1S/C21H33N5/c1-6-26(7-2)16-19-12-10-18(11-13-19)15-23-21(22-3)25(5)17-20-9-8-14-24(20)4/h8-14H,6-7,15-17H2,1-5H3,(H,22,23). The fraction of sp³-hybridized carbons (Fsp3) is 0.476. The highest BCUT2D eigenvalue weighted by molar-refractivity contribution is 5.79. The predicted octanol–water partition coefficient (Wildman–Crippen LogP) is 3.07. The van der Waals surface area contributed by atoms with Crippen LogP contribution >= 0.6 is 0 Å². The van der Waals surface area contributed by atoms with Gasteiger partial charge in [0.05, 0.1) is 6.54 Å². The maximum absolute atomic E-state index is 4.41. The minimum absolute atomic E-state index is 0.774. The minimum Gasteiger partial charge on any atom is -0.353 e. The molecule has 1 N–H and O–H groups in total. The first-order valence-corrected chi connectivity index (χ1v) is 9.39. The summed E-state index contributed by atoms with van der Waals surface area (Å²) in [5.41, 5.74) is 3.89. The van der Waals surface area contributed by atoms with E-state index in [1.54, 1.807) is 0 Å². The molecular weight excluding hydrogens is 322 g/mol. The number of hydrogen-bond donors (Lipinski definition) is 1. The van der Waals surface area contributed by atoms with Gasteiger partial charge in [0.15, 0.2) is 5.96 Å². The van der Waals surface area contributed by atoms with Crippen LogP contribution in [0.25, 0.3) is 0 Å². The molecule has 0 amide bonds. The molecule has 5 nitrogen and oxygen atoms in total. The van der Waals surface area contributed by atoms with E-state index in [9.17, 15) is 0 Å². The molecule has 142 valence electrons. The van der Waals surface area contributed by atoms with Crippen LogP contribution in [0.4, 0.5) is 0 Å². The van der Waals surface area contributed by atoms with Gasteiger partial charge in [-0.1, -0.05) is 38.1 Å². The third-order valence-corrected chi connectivity index (χ3v) is 4.80. The van der Waals surface area contributed by atoms with Crippen molar-refractivity contribution < 1.29 is 0 Å². The zero-order chi connectivity index (χ0) is 18.9. The Morgan fingerprint density at radius 2 is 1.69 bits per heavy atom. The number of hydrogen-bond acceptors (Lipinski definition) is 2. The van der Waals surface area contributed by atoms with Crippen molar-refractivity contribution in [1.82, 2.24) is 19.7 Å². The van der Waals surface area contributed by atoms with E-state index in [1.807, 2.05) is 7.05 Å². The number of aliphatic imine (C=N–C) groups is 1. The van der Waals surface area contributed by atoms with Gasteiger partial charge >= 0.3 is 0 Å². The van der Waals surface area contributed by atoms with Crippen molar-refractivity contribution in [3.8, 4) is 0 Å². The molecule has 5 heteroatoms. The van der Waals surface area contributed by atoms with Crippen molar-refractivity contribution in [2.24, 2.45) is 12.0 Å². The summed E-state index contributed by atoms with van der Waals surface area (Å²) in [6.07, 6.45) is 2.07. The molecule has 0 spiro atoms. The molecule has 0 bridgehead atoms. The molecule has 2 rings (SSSR count). The highest BCUT2D eigenvalue weighted by Gasteiger charge is 2.08. The number of nitrogens with zero attached hydrogens (tertiary/aromatic N) is 4. The normalized spacial score (nSPS) is 11.8. The van der Waals surface area contributed by atoms with Gasteiger partial charge in [0.1, 0.15) is 0 Å². The van der Waals surface area contributed by atoms with Crippen LogP contribution in [0.5, 0.6) is 0 Å². The van der Waals surface area contributed by atoms with E-state index >= 15 is 0 Å². The molecule has 2 aromatic rings. The monoisotopic (exact) mass is 355 g/mol. The van der Waals surface area contributed by atoms with Gasteiger partial charge in [0.2, 0.25) is 0 Å². The molecule has 0 saturated carbocycles. The molecule has 0 aliphatic heterocycles. The Balaban J connectivity index is 1.88. The van der Waals surface area contributed by atoms with E-state index in [2.05, 4.69) is 95.2 Å². The van der Waals surface area contributed by atoms with Gasteiger partial charge in [-0.2, -0.15) is 0 Å². The molecule has 1 heterocycles. The van der Waals surface area contributed by atoms with Crippen molar-refractivity contribution in [2.75, 3.05) is 27.2 Å². The van der Waals surface area contributed by atoms with Gasteiger partial charge < -0.3 is 14.8 Å². The third kappa shape index (κ3) is 5.63. The van der Waals surface area contributed by atoms with Crippen LogP contribution in [0.15, 0.2) is 47.6 Å². The average molecular weight is 356 g/mol. The minimum atomic E-state index is 0.774. The topological polar surface area (TPSA) is 35.8 Å². The fourth-order valence-electron chi connectivity index (χ4n) is 3.01. The molecule has 0 aliphatic carbocycles. The first-order valence-electron chi connectivity index (χ1n) is 9.39. The van der Waals surface area contributed by atoms with E-state index in [4.69, 9.17) is 0 Å². The Hall–Kier alpha value is -2.27. The van der Waals surface area contributed by atoms with Crippen LogP contribution in [0.3, 0.4) is 0 Å². The smallest absolute Gasteiger partial charge is 0.194 e. The Morgan fingerprint density at radius 3 is 2.23 bits per heavy atom. The maximum Gasteiger partial charge on any atom is 0.194 e. The number of aryl methyl sites for hydroxylation is 1. The van der Waals surface area contributed by atoms with Crippen molar-refractivity contribution in [2.45, 2.75) is 33.5 Å². The lowest BCUT2D eigenvalue weighted by molar-refractivity contribution is 0.296. The summed E-state index contributed by atoms with van der Waals surface area (Å²) in [5.74, 6) is 0.901. The maximum atomic E-state index is 4.41. The number of nitrogens with one attached hydrogen (secondary N) is 1. The molecule has 1 aromatic heterocycles. The quantitative estimate of drug-likeness (QED) is 0.584. The first-order chi connectivity index (χ1) is 12.6. The van der Waals surface area contributed by atoms with Crippen LogP contribution in [0, 0.1) is 0 Å². The van der Waals surface area contributed by atoms with Gasteiger partial charge in [-0.3, -0.25) is 9.89 Å². The summed E-state index contributed by atoms with van der Waals surface area (Å²) >= 11 is 0. The Labute approximate surface area is 158 Å². The zero-order valence-electron chi connectivity index (χ0n) is 16.9. The second kappa shape index (κ2) is 10.0. The molecule has 0 radical (unpaired) electrons. The molecule has 0 atom stereocenters. The second-order valence-electron chi connectivity index (χ2n) is 6.65. The van der Waals surface area contributed by atoms with Gasteiger partial charge in [-0.25, -0.2) is 0 Å². The highest BCUT2D eigenvalue weighted by atomic mass is 15.3. The molecular formula is C21H33N5. The van der Waals surface area contributed by atoms with Crippen molar-refractivity contribution in [1.29, 1.82) is 0 Å². The van der Waals surface area contributed by atoms with Gasteiger partial charge in [-0.15, -0.1) is 0 Å². The summed E-state index contributed by atoms with van der Waals surface area (Å²) < 4.78 is 2.14. The Kier molecular flexibility index (Phi) is 7.73. The number of rotatable bonds is 8. The van der Waals surface area contributed by atoms with E-state index < -0.39 is 0 Å². The van der Waals surface area contributed by atoms with Crippen molar-refractivity contribution in [3.63, 3.8) is 0 Å². The van der Waals surface area contributed by atoms with Crippen LogP contribution < -0.4 is 5.32 Å². The summed E-state index contributed by atoms with van der Waals surface area (Å²) in [6, 6.07) is 13.1. The SMILES string of the molecule is CCN(CC)Cc1ccc(CNC(=NC)N(C)Cc2cccn2C)cc1. The molecule has 0 fully saturated rings. The van der Waals surface area contributed by atoms with E-state index in [0.717, 1.165) is 38.7 Å². The lowest BCUT2D eigenvalue weighted by atomic mass is 10.1. The van der Waals surface area contributed by atoms with E-state index in [1.165, 1.54) is 16.8 Å². The Morgan fingerprint density at radius 1 is 1.04 bits per heavy atom.